The molecular weight excluding hydrogens is 324 g/mol. The summed E-state index contributed by atoms with van der Waals surface area (Å²) < 4.78 is 0. The normalized spacial score (nSPS) is 22.5. The zero-order valence-corrected chi connectivity index (χ0v) is 17.4. The molecule has 1 aliphatic carbocycles. The van der Waals surface area contributed by atoms with Gasteiger partial charge in [0.25, 0.3) is 0 Å². The first-order chi connectivity index (χ1) is 11.8. The van der Waals surface area contributed by atoms with Crippen molar-refractivity contribution < 1.29 is 14.7 Å². The summed E-state index contributed by atoms with van der Waals surface area (Å²) in [5, 5.41) is 10.0. The Morgan fingerprint density at radius 3 is 1.88 bits per heavy atom. The van der Waals surface area contributed by atoms with Gasteiger partial charge in [-0.3, -0.25) is 9.59 Å². The maximum atomic E-state index is 12.7. The minimum atomic E-state index is -1.26. The molecule has 0 radical (unpaired) electrons. The highest BCUT2D eigenvalue weighted by Crippen LogP contribution is 2.49. The molecule has 0 saturated heterocycles. The SMILES string of the molecule is CCC(c1cc(C(C)(C)C)cc(C(C)(C)C)c1)C1(C(=O)O)CCCC1=O. The summed E-state index contributed by atoms with van der Waals surface area (Å²) in [5.41, 5.74) is 2.06. The summed E-state index contributed by atoms with van der Waals surface area (Å²) in [5.74, 6) is -1.33. The molecule has 2 rings (SSSR count). The molecule has 2 unspecified atom stereocenters. The summed E-state index contributed by atoms with van der Waals surface area (Å²) >= 11 is 0. The van der Waals surface area contributed by atoms with E-state index < -0.39 is 11.4 Å². The van der Waals surface area contributed by atoms with Crippen LogP contribution < -0.4 is 0 Å². The topological polar surface area (TPSA) is 54.4 Å². The Kier molecular flexibility index (Phi) is 5.43. The average Bonchev–Trinajstić information content (AvgIpc) is 2.89. The molecule has 144 valence electrons. The van der Waals surface area contributed by atoms with Gasteiger partial charge in [-0.15, -0.1) is 0 Å². The van der Waals surface area contributed by atoms with Crippen LogP contribution in [-0.4, -0.2) is 16.9 Å². The minimum absolute atomic E-state index is 0.0373. The van der Waals surface area contributed by atoms with Crippen molar-refractivity contribution in [3.8, 4) is 0 Å². The number of benzene rings is 1. The lowest BCUT2D eigenvalue weighted by Crippen LogP contribution is -2.41. The van der Waals surface area contributed by atoms with Gasteiger partial charge < -0.3 is 5.11 Å². The Labute approximate surface area is 158 Å². The maximum absolute atomic E-state index is 12.7. The molecule has 0 amide bonds. The molecule has 1 fully saturated rings. The fourth-order valence-electron chi connectivity index (χ4n) is 4.22. The number of ketones is 1. The van der Waals surface area contributed by atoms with Crippen molar-refractivity contribution in [2.75, 3.05) is 0 Å². The number of carbonyl (C=O) groups excluding carboxylic acids is 1. The highest BCUT2D eigenvalue weighted by atomic mass is 16.4. The molecule has 0 heterocycles. The monoisotopic (exact) mass is 358 g/mol. The van der Waals surface area contributed by atoms with Gasteiger partial charge in [0, 0.05) is 12.3 Å². The number of carboxylic acids is 1. The highest BCUT2D eigenvalue weighted by Gasteiger charge is 2.54. The molecule has 3 nitrogen and oxygen atoms in total. The molecule has 1 aromatic carbocycles. The van der Waals surface area contributed by atoms with E-state index in [1.54, 1.807) is 0 Å². The zero-order valence-electron chi connectivity index (χ0n) is 17.4. The number of Topliss-reactive ketones (excluding diaryl/α,β-unsaturated/α-hetero) is 1. The van der Waals surface area contributed by atoms with E-state index in [-0.39, 0.29) is 22.5 Å². The first-order valence-electron chi connectivity index (χ1n) is 9.76. The second kappa shape index (κ2) is 6.83. The Morgan fingerprint density at radius 2 is 1.58 bits per heavy atom. The molecular formula is C23H34O3. The van der Waals surface area contributed by atoms with E-state index in [4.69, 9.17) is 0 Å². The van der Waals surface area contributed by atoms with Crippen molar-refractivity contribution in [2.24, 2.45) is 5.41 Å². The fourth-order valence-corrected chi connectivity index (χ4v) is 4.22. The van der Waals surface area contributed by atoms with Crippen molar-refractivity contribution in [3.05, 3.63) is 34.9 Å². The van der Waals surface area contributed by atoms with E-state index in [0.717, 1.165) is 5.56 Å². The van der Waals surface area contributed by atoms with Crippen LogP contribution in [0.1, 0.15) is 96.8 Å². The lowest BCUT2D eigenvalue weighted by Gasteiger charge is -2.34. The molecule has 1 saturated carbocycles. The Bertz CT molecular complexity index is 671. The van der Waals surface area contributed by atoms with Crippen LogP contribution in [0, 0.1) is 5.41 Å². The van der Waals surface area contributed by atoms with Crippen LogP contribution in [0.5, 0.6) is 0 Å². The van der Waals surface area contributed by atoms with Gasteiger partial charge in [-0.25, -0.2) is 0 Å². The highest BCUT2D eigenvalue weighted by molar-refractivity contribution is 6.05. The second-order valence-corrected chi connectivity index (χ2v) is 9.86. The first kappa shape index (κ1) is 20.7. The standard InChI is InChI=1S/C23H34O3/c1-8-18(23(20(25)26)11-9-10-19(23)24)15-12-16(21(2,3)4)14-17(13-15)22(5,6)7/h12-14,18H,8-11H2,1-7H3,(H,25,26). The van der Waals surface area contributed by atoms with Crippen LogP contribution in [0.2, 0.25) is 0 Å². The summed E-state index contributed by atoms with van der Waals surface area (Å²) in [7, 11) is 0. The number of rotatable bonds is 4. The van der Waals surface area contributed by atoms with Gasteiger partial charge in [0.15, 0.2) is 5.78 Å². The summed E-state index contributed by atoms with van der Waals surface area (Å²) in [6.07, 6.45) is 2.15. The molecule has 1 aliphatic rings. The van der Waals surface area contributed by atoms with Gasteiger partial charge in [-0.1, -0.05) is 66.7 Å². The predicted molar refractivity (Wildman–Crippen MR) is 106 cm³/mol. The Balaban J connectivity index is 2.71. The number of hydrogen-bond donors (Lipinski definition) is 1. The third-order valence-electron chi connectivity index (χ3n) is 5.95. The van der Waals surface area contributed by atoms with Gasteiger partial charge in [0.2, 0.25) is 0 Å². The van der Waals surface area contributed by atoms with Crippen molar-refractivity contribution in [1.82, 2.24) is 0 Å². The first-order valence-corrected chi connectivity index (χ1v) is 9.76. The lowest BCUT2D eigenvalue weighted by molar-refractivity contribution is -0.155. The number of aliphatic carboxylic acids is 1. The van der Waals surface area contributed by atoms with E-state index in [0.29, 0.717) is 25.7 Å². The number of hydrogen-bond acceptors (Lipinski definition) is 2. The van der Waals surface area contributed by atoms with Crippen molar-refractivity contribution in [2.45, 2.75) is 90.9 Å². The van der Waals surface area contributed by atoms with Gasteiger partial charge in [0.05, 0.1) is 0 Å². The van der Waals surface area contributed by atoms with Crippen molar-refractivity contribution >= 4 is 11.8 Å². The van der Waals surface area contributed by atoms with Crippen LogP contribution in [0.25, 0.3) is 0 Å². The summed E-state index contributed by atoms with van der Waals surface area (Å²) in [6.45, 7) is 15.0. The van der Waals surface area contributed by atoms with E-state index >= 15 is 0 Å². The van der Waals surface area contributed by atoms with Crippen LogP contribution in [0.4, 0.5) is 0 Å². The minimum Gasteiger partial charge on any atom is -0.480 e. The average molecular weight is 359 g/mol. The van der Waals surface area contributed by atoms with Crippen LogP contribution in [0.15, 0.2) is 18.2 Å². The quantitative estimate of drug-likeness (QED) is 0.713. The third-order valence-corrected chi connectivity index (χ3v) is 5.95. The number of carbonyl (C=O) groups is 2. The Morgan fingerprint density at radius 1 is 1.08 bits per heavy atom. The van der Waals surface area contributed by atoms with E-state index in [2.05, 4.69) is 59.7 Å². The molecule has 26 heavy (non-hydrogen) atoms. The van der Waals surface area contributed by atoms with Gasteiger partial charge in [-0.05, 0) is 46.8 Å². The molecule has 0 bridgehead atoms. The third kappa shape index (κ3) is 3.58. The maximum Gasteiger partial charge on any atom is 0.317 e. The van der Waals surface area contributed by atoms with E-state index in [1.807, 2.05) is 6.92 Å². The number of carboxylic acid groups (broad SMARTS) is 1. The summed E-state index contributed by atoms with van der Waals surface area (Å²) in [6, 6.07) is 6.51. The zero-order chi connectivity index (χ0) is 19.9. The molecule has 1 aromatic rings. The van der Waals surface area contributed by atoms with Crippen LogP contribution in [-0.2, 0) is 20.4 Å². The van der Waals surface area contributed by atoms with Crippen molar-refractivity contribution in [3.63, 3.8) is 0 Å². The predicted octanol–water partition coefficient (Wildman–Crippen LogP) is 5.60. The second-order valence-electron chi connectivity index (χ2n) is 9.86. The van der Waals surface area contributed by atoms with Crippen LogP contribution in [0.3, 0.4) is 0 Å². The van der Waals surface area contributed by atoms with Gasteiger partial charge in [-0.2, -0.15) is 0 Å². The molecule has 1 N–H and O–H groups in total. The molecule has 0 spiro atoms. The fraction of sp³-hybridized carbons (Fsp3) is 0.652. The largest absolute Gasteiger partial charge is 0.480 e. The molecule has 0 aliphatic heterocycles. The van der Waals surface area contributed by atoms with Gasteiger partial charge >= 0.3 is 5.97 Å². The van der Waals surface area contributed by atoms with E-state index in [9.17, 15) is 14.7 Å². The summed E-state index contributed by atoms with van der Waals surface area (Å²) in [4.78, 5) is 24.9. The van der Waals surface area contributed by atoms with E-state index in [1.165, 1.54) is 11.1 Å². The van der Waals surface area contributed by atoms with Crippen molar-refractivity contribution in [1.29, 1.82) is 0 Å². The Hall–Kier alpha value is -1.64. The molecule has 0 aromatic heterocycles. The van der Waals surface area contributed by atoms with Gasteiger partial charge in [0.1, 0.15) is 5.41 Å². The van der Waals surface area contributed by atoms with Crippen LogP contribution >= 0.6 is 0 Å². The smallest absolute Gasteiger partial charge is 0.317 e. The molecule has 3 heteroatoms. The lowest BCUT2D eigenvalue weighted by atomic mass is 9.67. The molecule has 2 atom stereocenters.